The molecule has 1 aromatic carbocycles. The number of aliphatic imine (C=N–C) groups is 1. The molecule has 2 heterocycles. The molecule has 0 bridgehead atoms. The van der Waals surface area contributed by atoms with Crippen LogP contribution in [-0.4, -0.2) is 24.5 Å². The molecule has 23 heavy (non-hydrogen) atoms. The van der Waals surface area contributed by atoms with Gasteiger partial charge < -0.3 is 13.9 Å². The molecule has 0 unspecified atom stereocenters. The highest BCUT2D eigenvalue weighted by Gasteiger charge is 2.49. The van der Waals surface area contributed by atoms with Crippen molar-refractivity contribution in [2.75, 3.05) is 7.11 Å². The third-order valence-electron chi connectivity index (χ3n) is 3.95. The van der Waals surface area contributed by atoms with Crippen molar-refractivity contribution >= 4 is 11.8 Å². The molecule has 0 radical (unpaired) electrons. The lowest BCUT2D eigenvalue weighted by atomic mass is 9.86. The Morgan fingerprint density at radius 1 is 1.30 bits per heavy atom. The second-order valence-electron chi connectivity index (χ2n) is 5.39. The van der Waals surface area contributed by atoms with Crippen LogP contribution in [-0.2, 0) is 9.53 Å². The maximum absolute atomic E-state index is 12.5. The molecule has 2 aromatic rings. The highest BCUT2D eigenvalue weighted by Crippen LogP contribution is 2.38. The fourth-order valence-corrected chi connectivity index (χ4v) is 2.60. The molecule has 0 N–H and O–H groups in total. The van der Waals surface area contributed by atoms with Gasteiger partial charge in [0.2, 0.25) is 11.5 Å². The van der Waals surface area contributed by atoms with E-state index in [1.54, 1.807) is 62.8 Å². The Kier molecular flexibility index (Phi) is 3.78. The van der Waals surface area contributed by atoms with Gasteiger partial charge in [-0.05, 0) is 43.3 Å². The monoisotopic (exact) mass is 311 g/mol. The Labute approximate surface area is 134 Å². The van der Waals surface area contributed by atoms with Crippen LogP contribution in [0.25, 0.3) is 0 Å². The van der Waals surface area contributed by atoms with Gasteiger partial charge in [0.25, 0.3) is 5.91 Å². The Balaban J connectivity index is 1.90. The number of hydrogen-bond donors (Lipinski definition) is 0. The Bertz CT molecular complexity index is 746. The van der Waals surface area contributed by atoms with Crippen LogP contribution < -0.4 is 4.74 Å². The predicted octanol–water partition coefficient (Wildman–Crippen LogP) is 3.32. The van der Waals surface area contributed by atoms with Gasteiger partial charge in [0, 0.05) is 5.56 Å². The van der Waals surface area contributed by atoms with E-state index >= 15 is 0 Å². The fourth-order valence-electron chi connectivity index (χ4n) is 2.60. The summed E-state index contributed by atoms with van der Waals surface area (Å²) in [6.45, 7) is 5.50. The zero-order chi connectivity index (χ0) is 16.4. The van der Waals surface area contributed by atoms with Gasteiger partial charge in [-0.2, -0.15) is 4.99 Å². The summed E-state index contributed by atoms with van der Waals surface area (Å²) in [5.41, 5.74) is -0.459. The minimum atomic E-state index is -1.17. The van der Waals surface area contributed by atoms with Gasteiger partial charge in [-0.1, -0.05) is 6.08 Å². The molecule has 5 heteroatoms. The average Bonchev–Trinajstić information content (AvgIpc) is 3.18. The molecular weight excluding hydrogens is 294 g/mol. The average molecular weight is 311 g/mol. The minimum absolute atomic E-state index is 0.290. The van der Waals surface area contributed by atoms with Crippen LogP contribution in [0.3, 0.4) is 0 Å². The van der Waals surface area contributed by atoms with E-state index in [1.807, 2.05) is 0 Å². The first-order valence-corrected chi connectivity index (χ1v) is 7.21. The highest BCUT2D eigenvalue weighted by molar-refractivity contribution is 6.09. The van der Waals surface area contributed by atoms with Crippen molar-refractivity contribution in [2.24, 2.45) is 4.99 Å². The van der Waals surface area contributed by atoms with Crippen molar-refractivity contribution in [3.05, 3.63) is 66.6 Å². The molecule has 2 atom stereocenters. The zero-order valence-electron chi connectivity index (χ0n) is 13.0. The number of methoxy groups -OCH3 is 1. The van der Waals surface area contributed by atoms with E-state index in [1.165, 1.54) is 0 Å². The Morgan fingerprint density at radius 3 is 2.61 bits per heavy atom. The number of ether oxygens (including phenoxy) is 2. The summed E-state index contributed by atoms with van der Waals surface area (Å²) in [7, 11) is 1.59. The second-order valence-corrected chi connectivity index (χ2v) is 5.39. The summed E-state index contributed by atoms with van der Waals surface area (Å²) < 4.78 is 16.5. The smallest absolute Gasteiger partial charge is 0.293 e. The van der Waals surface area contributed by atoms with Crippen molar-refractivity contribution < 1.29 is 18.7 Å². The number of nitrogens with zero attached hydrogens (tertiary/aromatic N) is 1. The van der Waals surface area contributed by atoms with E-state index in [0.717, 1.165) is 5.75 Å². The number of rotatable bonds is 5. The molecule has 0 saturated carbocycles. The first kappa shape index (κ1) is 15.1. The molecule has 1 aliphatic heterocycles. The quantitative estimate of drug-likeness (QED) is 0.795. The van der Waals surface area contributed by atoms with Crippen LogP contribution in [0.1, 0.15) is 24.2 Å². The predicted molar refractivity (Wildman–Crippen MR) is 85.7 cm³/mol. The van der Waals surface area contributed by atoms with E-state index in [0.29, 0.717) is 17.2 Å². The van der Waals surface area contributed by atoms with Crippen LogP contribution in [0.4, 0.5) is 0 Å². The van der Waals surface area contributed by atoms with Crippen molar-refractivity contribution in [3.8, 4) is 5.75 Å². The van der Waals surface area contributed by atoms with Crippen molar-refractivity contribution in [3.63, 3.8) is 0 Å². The van der Waals surface area contributed by atoms with Gasteiger partial charge in [-0.3, -0.25) is 4.79 Å². The van der Waals surface area contributed by atoms with Gasteiger partial charge in [-0.25, -0.2) is 0 Å². The molecule has 3 rings (SSSR count). The van der Waals surface area contributed by atoms with Crippen LogP contribution in [0.15, 0.2) is 64.7 Å². The van der Waals surface area contributed by atoms with Gasteiger partial charge in [0.1, 0.15) is 11.5 Å². The molecule has 0 aliphatic carbocycles. The maximum atomic E-state index is 12.5. The summed E-state index contributed by atoms with van der Waals surface area (Å²) >= 11 is 0. The van der Waals surface area contributed by atoms with E-state index in [9.17, 15) is 4.79 Å². The second kappa shape index (κ2) is 5.76. The number of carbonyl (C=O) groups is 1. The number of amides is 1. The molecule has 118 valence electrons. The Hall–Kier alpha value is -2.82. The molecule has 1 aromatic heterocycles. The lowest BCUT2D eigenvalue weighted by Gasteiger charge is -2.27. The standard InChI is InChI=1S/C18H17NO4/c1-4-14(15-6-5-11-22-15)18(2)17(20)19-16(23-18)12-7-9-13(21-3)10-8-12/h4-11,14H,1H2,2-3H3/t14-,18-/m1/s1. The number of furan rings is 1. The molecular formula is C18H17NO4. The lowest BCUT2D eigenvalue weighted by molar-refractivity contribution is -0.130. The van der Waals surface area contributed by atoms with Crippen LogP contribution in [0.2, 0.25) is 0 Å². The topological polar surface area (TPSA) is 61.0 Å². The third kappa shape index (κ3) is 2.54. The SMILES string of the molecule is C=C[C@H](c1ccco1)[C@@]1(C)OC(c2ccc(OC)cc2)=NC1=O. The van der Waals surface area contributed by atoms with E-state index in [-0.39, 0.29) is 5.91 Å². The summed E-state index contributed by atoms with van der Waals surface area (Å²) in [5, 5.41) is 0. The third-order valence-corrected chi connectivity index (χ3v) is 3.95. The summed E-state index contributed by atoms with van der Waals surface area (Å²) in [5.74, 6) is 0.843. The van der Waals surface area contributed by atoms with Crippen LogP contribution >= 0.6 is 0 Å². The van der Waals surface area contributed by atoms with Crippen molar-refractivity contribution in [1.29, 1.82) is 0 Å². The van der Waals surface area contributed by atoms with Gasteiger partial charge in [0.05, 0.1) is 19.3 Å². The van der Waals surface area contributed by atoms with Gasteiger partial charge in [0.15, 0.2) is 0 Å². The van der Waals surface area contributed by atoms with Crippen molar-refractivity contribution in [1.82, 2.24) is 0 Å². The molecule has 1 aliphatic rings. The normalized spacial score (nSPS) is 21.5. The molecule has 5 nitrogen and oxygen atoms in total. The fraction of sp³-hybridized carbons (Fsp3) is 0.222. The van der Waals surface area contributed by atoms with Crippen LogP contribution in [0.5, 0.6) is 5.75 Å². The Morgan fingerprint density at radius 2 is 2.04 bits per heavy atom. The number of benzene rings is 1. The summed E-state index contributed by atoms with van der Waals surface area (Å²) in [6.07, 6.45) is 3.20. The molecule has 0 saturated heterocycles. The maximum Gasteiger partial charge on any atom is 0.293 e. The van der Waals surface area contributed by atoms with Gasteiger partial charge >= 0.3 is 0 Å². The van der Waals surface area contributed by atoms with E-state index < -0.39 is 11.5 Å². The number of carbonyl (C=O) groups excluding carboxylic acids is 1. The summed E-state index contributed by atoms with van der Waals surface area (Å²) in [6, 6.07) is 10.7. The lowest BCUT2D eigenvalue weighted by Crippen LogP contribution is -2.39. The minimum Gasteiger partial charge on any atom is -0.497 e. The largest absolute Gasteiger partial charge is 0.497 e. The number of hydrogen-bond acceptors (Lipinski definition) is 4. The van der Waals surface area contributed by atoms with Crippen molar-refractivity contribution in [2.45, 2.75) is 18.4 Å². The first-order chi connectivity index (χ1) is 11.1. The molecule has 0 spiro atoms. The highest BCUT2D eigenvalue weighted by atomic mass is 16.5. The van der Waals surface area contributed by atoms with E-state index in [4.69, 9.17) is 13.9 Å². The van der Waals surface area contributed by atoms with E-state index in [2.05, 4.69) is 11.6 Å². The zero-order valence-corrected chi connectivity index (χ0v) is 13.0. The van der Waals surface area contributed by atoms with Crippen LogP contribution in [0, 0.1) is 0 Å². The summed E-state index contributed by atoms with van der Waals surface area (Å²) in [4.78, 5) is 16.5. The molecule has 0 fully saturated rings. The first-order valence-electron chi connectivity index (χ1n) is 7.21. The van der Waals surface area contributed by atoms with Gasteiger partial charge in [-0.15, -0.1) is 6.58 Å². The molecule has 1 amide bonds.